The van der Waals surface area contributed by atoms with E-state index < -0.39 is 5.97 Å². The number of methoxy groups -OCH3 is 1. The predicted octanol–water partition coefficient (Wildman–Crippen LogP) is 3.70. The molecule has 0 aromatic heterocycles. The van der Waals surface area contributed by atoms with Crippen molar-refractivity contribution in [2.24, 2.45) is 5.92 Å². The molecule has 2 rings (SSSR count). The Labute approximate surface area is 124 Å². The van der Waals surface area contributed by atoms with Crippen molar-refractivity contribution in [2.75, 3.05) is 18.2 Å². The Hall–Kier alpha value is -1.42. The van der Waals surface area contributed by atoms with Gasteiger partial charge in [-0.1, -0.05) is 31.4 Å². The van der Waals surface area contributed by atoms with Crippen LogP contribution in [0.3, 0.4) is 0 Å². The van der Waals surface area contributed by atoms with Gasteiger partial charge in [-0.15, -0.1) is 0 Å². The molecule has 1 aromatic rings. The molecule has 0 radical (unpaired) electrons. The molecule has 0 amide bonds. The van der Waals surface area contributed by atoms with Gasteiger partial charge in [-0.2, -0.15) is 0 Å². The third-order valence-electron chi connectivity index (χ3n) is 3.80. The minimum absolute atomic E-state index is 0.336. The molecule has 3 N–H and O–H groups in total. The quantitative estimate of drug-likeness (QED) is 0.659. The summed E-state index contributed by atoms with van der Waals surface area (Å²) in [6.45, 7) is 2.25. The molecule has 5 heteroatoms. The molecular formula is C15H21ClN2O2. The Morgan fingerprint density at radius 1 is 1.45 bits per heavy atom. The van der Waals surface area contributed by atoms with Gasteiger partial charge in [-0.05, 0) is 30.9 Å². The second-order valence-corrected chi connectivity index (χ2v) is 5.94. The van der Waals surface area contributed by atoms with Gasteiger partial charge < -0.3 is 15.8 Å². The van der Waals surface area contributed by atoms with Gasteiger partial charge in [0.25, 0.3) is 0 Å². The molecule has 1 aliphatic rings. The summed E-state index contributed by atoms with van der Waals surface area (Å²) in [5, 5.41) is 3.86. The van der Waals surface area contributed by atoms with E-state index in [4.69, 9.17) is 22.1 Å². The van der Waals surface area contributed by atoms with E-state index in [1.54, 1.807) is 12.1 Å². The molecule has 110 valence electrons. The van der Waals surface area contributed by atoms with Crippen LogP contribution in [0.1, 0.15) is 43.0 Å². The van der Waals surface area contributed by atoms with Gasteiger partial charge in [0.1, 0.15) is 0 Å². The number of esters is 1. The fraction of sp³-hybridized carbons (Fsp3) is 0.533. The van der Waals surface area contributed by atoms with E-state index in [9.17, 15) is 4.79 Å². The summed E-state index contributed by atoms with van der Waals surface area (Å²) in [4.78, 5) is 11.9. The zero-order chi connectivity index (χ0) is 14.7. The number of carbonyl (C=O) groups is 1. The molecule has 2 unspecified atom stereocenters. The van der Waals surface area contributed by atoms with Crippen molar-refractivity contribution in [3.05, 3.63) is 22.7 Å². The Bertz CT molecular complexity index is 505. The maximum Gasteiger partial charge on any atom is 0.340 e. The maximum absolute atomic E-state index is 11.9. The fourth-order valence-electron chi connectivity index (χ4n) is 2.81. The summed E-state index contributed by atoms with van der Waals surface area (Å²) in [6.07, 6.45) is 4.63. The van der Waals surface area contributed by atoms with Crippen molar-refractivity contribution in [1.29, 1.82) is 0 Å². The number of hydrogen-bond donors (Lipinski definition) is 2. The molecule has 1 aliphatic carbocycles. The molecule has 20 heavy (non-hydrogen) atoms. The van der Waals surface area contributed by atoms with Crippen LogP contribution in [0.2, 0.25) is 5.02 Å². The highest BCUT2D eigenvalue weighted by atomic mass is 35.5. The summed E-state index contributed by atoms with van der Waals surface area (Å²) < 4.78 is 4.80. The Morgan fingerprint density at radius 2 is 2.20 bits per heavy atom. The second-order valence-electron chi connectivity index (χ2n) is 5.53. The van der Waals surface area contributed by atoms with Crippen molar-refractivity contribution in [3.8, 4) is 0 Å². The van der Waals surface area contributed by atoms with Crippen molar-refractivity contribution >= 4 is 28.9 Å². The van der Waals surface area contributed by atoms with Crippen LogP contribution in [0.25, 0.3) is 0 Å². The number of hydrogen-bond acceptors (Lipinski definition) is 4. The van der Waals surface area contributed by atoms with E-state index in [0.717, 1.165) is 12.8 Å². The highest BCUT2D eigenvalue weighted by Crippen LogP contribution is 2.33. The van der Waals surface area contributed by atoms with Gasteiger partial charge in [0.15, 0.2) is 0 Å². The molecule has 0 aliphatic heterocycles. The minimum atomic E-state index is -0.425. The topological polar surface area (TPSA) is 64.3 Å². The lowest BCUT2D eigenvalue weighted by Gasteiger charge is -2.29. The van der Waals surface area contributed by atoms with Crippen LogP contribution in [0, 0.1) is 5.92 Å². The Balaban J connectivity index is 2.27. The SMILES string of the molecule is COC(=O)c1cc(N)cc(Cl)c1NC1CCCC(C)C1. The first kappa shape index (κ1) is 15.0. The number of ether oxygens (including phenoxy) is 1. The number of nitrogens with one attached hydrogen (secondary N) is 1. The number of benzene rings is 1. The average molecular weight is 297 g/mol. The molecular weight excluding hydrogens is 276 g/mol. The number of halogens is 1. The molecule has 0 saturated heterocycles. The molecule has 4 nitrogen and oxygen atoms in total. The lowest BCUT2D eigenvalue weighted by Crippen LogP contribution is -2.27. The smallest absolute Gasteiger partial charge is 0.340 e. The van der Waals surface area contributed by atoms with Crippen LogP contribution in [-0.2, 0) is 4.74 Å². The average Bonchev–Trinajstić information content (AvgIpc) is 2.40. The summed E-state index contributed by atoms with van der Waals surface area (Å²) in [5.41, 5.74) is 7.24. The first-order valence-corrected chi connectivity index (χ1v) is 7.33. The summed E-state index contributed by atoms with van der Waals surface area (Å²) in [5.74, 6) is 0.265. The fourth-order valence-corrected chi connectivity index (χ4v) is 3.10. The second kappa shape index (κ2) is 6.35. The molecule has 1 fully saturated rings. The molecule has 1 saturated carbocycles. The molecule has 2 atom stereocenters. The van der Waals surface area contributed by atoms with Crippen LogP contribution in [-0.4, -0.2) is 19.1 Å². The highest BCUT2D eigenvalue weighted by Gasteiger charge is 2.23. The summed E-state index contributed by atoms with van der Waals surface area (Å²) >= 11 is 6.24. The van der Waals surface area contributed by atoms with E-state index in [1.165, 1.54) is 20.0 Å². The van der Waals surface area contributed by atoms with Gasteiger partial charge in [0.2, 0.25) is 0 Å². The Kier molecular flexibility index (Phi) is 4.76. The van der Waals surface area contributed by atoms with E-state index >= 15 is 0 Å². The standard InChI is InChI=1S/C15H21ClN2O2/c1-9-4-3-5-11(6-9)18-14-12(15(19)20-2)7-10(17)8-13(14)16/h7-9,11,18H,3-6,17H2,1-2H3. The highest BCUT2D eigenvalue weighted by molar-refractivity contribution is 6.34. The molecule has 0 spiro atoms. The van der Waals surface area contributed by atoms with Gasteiger partial charge >= 0.3 is 5.97 Å². The van der Waals surface area contributed by atoms with Crippen LogP contribution in [0.4, 0.5) is 11.4 Å². The molecule has 0 bridgehead atoms. The van der Waals surface area contributed by atoms with Gasteiger partial charge in [-0.3, -0.25) is 0 Å². The lowest BCUT2D eigenvalue weighted by molar-refractivity contribution is 0.0602. The number of nitrogen functional groups attached to an aromatic ring is 1. The zero-order valence-electron chi connectivity index (χ0n) is 11.9. The first-order chi connectivity index (χ1) is 9.51. The van der Waals surface area contributed by atoms with E-state index in [-0.39, 0.29) is 0 Å². The predicted molar refractivity (Wildman–Crippen MR) is 82.2 cm³/mol. The molecule has 1 aromatic carbocycles. The summed E-state index contributed by atoms with van der Waals surface area (Å²) in [6, 6.07) is 3.60. The van der Waals surface area contributed by atoms with Crippen molar-refractivity contribution < 1.29 is 9.53 Å². The number of carbonyl (C=O) groups excluding carboxylic acids is 1. The molecule has 0 heterocycles. The van der Waals surface area contributed by atoms with Gasteiger partial charge in [0.05, 0.1) is 23.4 Å². The zero-order valence-corrected chi connectivity index (χ0v) is 12.7. The third kappa shape index (κ3) is 3.37. The summed E-state index contributed by atoms with van der Waals surface area (Å²) in [7, 11) is 1.35. The van der Waals surface area contributed by atoms with Crippen LogP contribution < -0.4 is 11.1 Å². The van der Waals surface area contributed by atoms with E-state index in [0.29, 0.717) is 33.9 Å². The first-order valence-electron chi connectivity index (χ1n) is 6.95. The minimum Gasteiger partial charge on any atom is -0.465 e. The monoisotopic (exact) mass is 296 g/mol. The third-order valence-corrected chi connectivity index (χ3v) is 4.10. The Morgan fingerprint density at radius 3 is 2.85 bits per heavy atom. The van der Waals surface area contributed by atoms with Crippen molar-refractivity contribution in [1.82, 2.24) is 0 Å². The van der Waals surface area contributed by atoms with Crippen molar-refractivity contribution in [2.45, 2.75) is 38.6 Å². The van der Waals surface area contributed by atoms with Crippen LogP contribution in [0.5, 0.6) is 0 Å². The number of nitrogens with two attached hydrogens (primary N) is 1. The van der Waals surface area contributed by atoms with Crippen LogP contribution >= 0.6 is 11.6 Å². The normalized spacial score (nSPS) is 22.4. The van der Waals surface area contributed by atoms with Gasteiger partial charge in [-0.25, -0.2) is 4.79 Å². The lowest BCUT2D eigenvalue weighted by atomic mass is 9.87. The van der Waals surface area contributed by atoms with Gasteiger partial charge in [0, 0.05) is 11.7 Å². The van der Waals surface area contributed by atoms with E-state index in [2.05, 4.69) is 12.2 Å². The number of rotatable bonds is 3. The van der Waals surface area contributed by atoms with Crippen molar-refractivity contribution in [3.63, 3.8) is 0 Å². The number of anilines is 2. The largest absolute Gasteiger partial charge is 0.465 e. The maximum atomic E-state index is 11.9. The van der Waals surface area contributed by atoms with Crippen LogP contribution in [0.15, 0.2) is 12.1 Å². The van der Waals surface area contributed by atoms with E-state index in [1.807, 2.05) is 0 Å².